The number of carbonyl (C=O) groups excluding carboxylic acids is 2. The number of ether oxygens (including phenoxy) is 1. The first-order chi connectivity index (χ1) is 14.9. The molecule has 0 saturated carbocycles. The van der Waals surface area contributed by atoms with Crippen LogP contribution < -0.4 is 9.64 Å². The Bertz CT molecular complexity index is 1150. The van der Waals surface area contributed by atoms with Crippen molar-refractivity contribution < 1.29 is 19.4 Å². The Labute approximate surface area is 185 Å². The van der Waals surface area contributed by atoms with Crippen LogP contribution >= 0.6 is 11.3 Å². The molecule has 2 aromatic carbocycles. The van der Waals surface area contributed by atoms with Gasteiger partial charge in [-0.25, -0.2) is 0 Å². The molecule has 0 saturated heterocycles. The van der Waals surface area contributed by atoms with E-state index in [2.05, 4.69) is 5.38 Å². The molecule has 0 fully saturated rings. The van der Waals surface area contributed by atoms with E-state index >= 15 is 0 Å². The number of aliphatic hydroxyl groups is 1. The molecule has 0 radical (unpaired) electrons. The molecule has 1 aliphatic rings. The van der Waals surface area contributed by atoms with Gasteiger partial charge in [0, 0.05) is 11.6 Å². The molecule has 1 atom stereocenters. The lowest BCUT2D eigenvalue weighted by Gasteiger charge is -2.27. The summed E-state index contributed by atoms with van der Waals surface area (Å²) in [6.45, 7) is 3.52. The molecule has 4 rings (SSSR count). The number of anilines is 1. The summed E-state index contributed by atoms with van der Waals surface area (Å²) in [6, 6.07) is 16.1. The third-order valence-electron chi connectivity index (χ3n) is 5.41. The molecule has 1 unspecified atom stereocenters. The fourth-order valence-corrected chi connectivity index (χ4v) is 4.47. The summed E-state index contributed by atoms with van der Waals surface area (Å²) in [4.78, 5) is 27.6. The largest absolute Gasteiger partial charge is 0.503 e. The zero-order valence-electron chi connectivity index (χ0n) is 17.5. The summed E-state index contributed by atoms with van der Waals surface area (Å²) in [7, 11) is 1.56. The molecule has 0 bridgehead atoms. The Balaban J connectivity index is 1.82. The van der Waals surface area contributed by atoms with Crippen LogP contribution in [0.25, 0.3) is 11.1 Å². The molecule has 1 amide bonds. The zero-order chi connectivity index (χ0) is 22.1. The van der Waals surface area contributed by atoms with Gasteiger partial charge in [-0.1, -0.05) is 38.1 Å². The van der Waals surface area contributed by atoms with Crippen LogP contribution in [0.3, 0.4) is 0 Å². The average molecular weight is 434 g/mol. The maximum absolute atomic E-state index is 13.1. The van der Waals surface area contributed by atoms with Gasteiger partial charge in [0.25, 0.3) is 5.91 Å². The Morgan fingerprint density at radius 2 is 1.84 bits per heavy atom. The highest BCUT2D eigenvalue weighted by Crippen LogP contribution is 2.42. The first-order valence-corrected chi connectivity index (χ1v) is 10.9. The predicted octanol–water partition coefficient (Wildman–Crippen LogP) is 5.55. The van der Waals surface area contributed by atoms with Crippen molar-refractivity contribution in [2.45, 2.75) is 19.9 Å². The van der Waals surface area contributed by atoms with Gasteiger partial charge in [-0.15, -0.1) is 0 Å². The van der Waals surface area contributed by atoms with Gasteiger partial charge < -0.3 is 9.84 Å². The minimum absolute atomic E-state index is 0.121. The van der Waals surface area contributed by atoms with Gasteiger partial charge in [0.1, 0.15) is 5.75 Å². The standard InChI is InChI=1S/C25H23NO4S/c1-15(2)23(27)21-22(17-5-4-6-20(13-17)30-3)26(25(29)24(21)28)19-9-7-16(8-10-19)18-11-12-31-14-18/h4-15,22,28H,1-3H3. The molecule has 158 valence electrons. The Kier molecular flexibility index (Phi) is 5.65. The van der Waals surface area contributed by atoms with Crippen molar-refractivity contribution in [2.75, 3.05) is 12.0 Å². The van der Waals surface area contributed by atoms with Crippen molar-refractivity contribution in [1.29, 1.82) is 0 Å². The molecule has 2 heterocycles. The number of aliphatic hydroxyl groups excluding tert-OH is 1. The molecule has 31 heavy (non-hydrogen) atoms. The second-order valence-electron chi connectivity index (χ2n) is 7.69. The third-order valence-corrected chi connectivity index (χ3v) is 6.09. The molecule has 1 aliphatic heterocycles. The number of carbonyl (C=O) groups is 2. The van der Waals surface area contributed by atoms with Crippen molar-refractivity contribution in [3.63, 3.8) is 0 Å². The number of nitrogens with zero attached hydrogens (tertiary/aromatic N) is 1. The molecule has 1 N–H and O–H groups in total. The van der Waals surface area contributed by atoms with Gasteiger partial charge in [-0.05, 0) is 57.8 Å². The maximum atomic E-state index is 13.1. The third kappa shape index (κ3) is 3.75. The summed E-state index contributed by atoms with van der Waals surface area (Å²) >= 11 is 1.62. The number of ketones is 1. The van der Waals surface area contributed by atoms with Gasteiger partial charge in [-0.2, -0.15) is 11.3 Å². The fraction of sp³-hybridized carbons (Fsp3) is 0.200. The lowest BCUT2D eigenvalue weighted by atomic mass is 9.91. The van der Waals surface area contributed by atoms with Crippen molar-refractivity contribution in [3.05, 3.63) is 82.3 Å². The van der Waals surface area contributed by atoms with Crippen LogP contribution in [0.1, 0.15) is 25.5 Å². The second kappa shape index (κ2) is 8.40. The lowest BCUT2D eigenvalue weighted by molar-refractivity contribution is -0.119. The summed E-state index contributed by atoms with van der Waals surface area (Å²) in [6.07, 6.45) is 0. The van der Waals surface area contributed by atoms with Crippen molar-refractivity contribution >= 4 is 28.7 Å². The zero-order valence-corrected chi connectivity index (χ0v) is 18.3. The van der Waals surface area contributed by atoms with Crippen molar-refractivity contribution in [2.24, 2.45) is 5.92 Å². The topological polar surface area (TPSA) is 66.8 Å². The van der Waals surface area contributed by atoms with Gasteiger partial charge in [-0.3, -0.25) is 14.5 Å². The number of methoxy groups -OCH3 is 1. The fourth-order valence-electron chi connectivity index (χ4n) is 3.80. The van der Waals surface area contributed by atoms with E-state index < -0.39 is 17.7 Å². The molecule has 0 aliphatic carbocycles. The van der Waals surface area contributed by atoms with Crippen LogP contribution in [0.15, 0.2) is 76.7 Å². The minimum Gasteiger partial charge on any atom is -0.503 e. The molecular formula is C25H23NO4S. The maximum Gasteiger partial charge on any atom is 0.294 e. The Hall–Kier alpha value is -3.38. The number of benzene rings is 2. The van der Waals surface area contributed by atoms with E-state index in [4.69, 9.17) is 4.74 Å². The second-order valence-corrected chi connectivity index (χ2v) is 8.47. The van der Waals surface area contributed by atoms with Crippen LogP contribution in [0.4, 0.5) is 5.69 Å². The van der Waals surface area contributed by atoms with E-state index in [-0.39, 0.29) is 17.3 Å². The molecule has 5 nitrogen and oxygen atoms in total. The molecule has 1 aromatic heterocycles. The number of hydrogen-bond acceptors (Lipinski definition) is 5. The SMILES string of the molecule is COc1cccc(C2C(C(=O)C(C)C)=C(O)C(=O)N2c2ccc(-c3ccsc3)cc2)c1. The highest BCUT2D eigenvalue weighted by atomic mass is 32.1. The van der Waals surface area contributed by atoms with Crippen molar-refractivity contribution in [1.82, 2.24) is 0 Å². The highest BCUT2D eigenvalue weighted by Gasteiger charge is 2.44. The number of rotatable bonds is 6. The van der Waals surface area contributed by atoms with E-state index in [9.17, 15) is 14.7 Å². The first-order valence-electron chi connectivity index (χ1n) is 10.00. The molecule has 0 spiro atoms. The van der Waals surface area contributed by atoms with E-state index in [0.717, 1.165) is 11.1 Å². The van der Waals surface area contributed by atoms with Crippen LogP contribution in [0, 0.1) is 5.92 Å². The van der Waals surface area contributed by atoms with Gasteiger partial charge >= 0.3 is 0 Å². The van der Waals surface area contributed by atoms with Crippen LogP contribution in [-0.2, 0) is 9.59 Å². The van der Waals surface area contributed by atoms with E-state index in [1.54, 1.807) is 44.4 Å². The summed E-state index contributed by atoms with van der Waals surface area (Å²) < 4.78 is 5.34. The summed E-state index contributed by atoms with van der Waals surface area (Å²) in [5.74, 6) is -1.08. The minimum atomic E-state index is -0.732. The van der Waals surface area contributed by atoms with Crippen LogP contribution in [-0.4, -0.2) is 23.9 Å². The predicted molar refractivity (Wildman–Crippen MR) is 122 cm³/mol. The molecule has 3 aromatic rings. The molecular weight excluding hydrogens is 410 g/mol. The smallest absolute Gasteiger partial charge is 0.294 e. The number of thiophene rings is 1. The van der Waals surface area contributed by atoms with E-state index in [0.29, 0.717) is 17.0 Å². The normalized spacial score (nSPS) is 16.3. The number of Topliss-reactive ketones (excluding diaryl/α,β-unsaturated/α-hetero) is 1. The quantitative estimate of drug-likeness (QED) is 0.554. The monoisotopic (exact) mass is 433 g/mol. The van der Waals surface area contributed by atoms with Crippen LogP contribution in [0.5, 0.6) is 5.75 Å². The van der Waals surface area contributed by atoms with Gasteiger partial charge in [0.2, 0.25) is 0 Å². The summed E-state index contributed by atoms with van der Waals surface area (Å²) in [5.41, 5.74) is 3.56. The Morgan fingerprint density at radius 1 is 1.10 bits per heavy atom. The van der Waals surface area contributed by atoms with E-state index in [1.807, 2.05) is 47.8 Å². The van der Waals surface area contributed by atoms with Crippen LogP contribution in [0.2, 0.25) is 0 Å². The average Bonchev–Trinajstić information content (AvgIpc) is 3.41. The number of amides is 1. The summed E-state index contributed by atoms with van der Waals surface area (Å²) in [5, 5.41) is 14.8. The van der Waals surface area contributed by atoms with Gasteiger partial charge in [0.05, 0.1) is 18.7 Å². The highest BCUT2D eigenvalue weighted by molar-refractivity contribution is 7.08. The number of hydrogen-bond donors (Lipinski definition) is 1. The Morgan fingerprint density at radius 3 is 2.45 bits per heavy atom. The lowest BCUT2D eigenvalue weighted by Crippen LogP contribution is -2.31. The van der Waals surface area contributed by atoms with E-state index in [1.165, 1.54) is 4.90 Å². The molecule has 6 heteroatoms. The van der Waals surface area contributed by atoms with Gasteiger partial charge in [0.15, 0.2) is 11.5 Å². The first kappa shape index (κ1) is 20.9. The van der Waals surface area contributed by atoms with Crippen molar-refractivity contribution in [3.8, 4) is 16.9 Å².